The molecule has 0 spiro atoms. The first-order valence-corrected chi connectivity index (χ1v) is 11.9. The average molecular weight is 493 g/mol. The molecule has 0 radical (unpaired) electrons. The molecule has 0 unspecified atom stereocenters. The van der Waals surface area contributed by atoms with Crippen LogP contribution in [0.4, 0.5) is 11.6 Å². The number of phenols is 1. The molecule has 0 aliphatic heterocycles. The molecule has 2 aromatic carbocycles. The van der Waals surface area contributed by atoms with Gasteiger partial charge in [-0.15, -0.1) is 0 Å². The first-order valence-electron chi connectivity index (χ1n) is 11.5. The Morgan fingerprint density at radius 1 is 1.14 bits per heavy atom. The summed E-state index contributed by atoms with van der Waals surface area (Å²) in [7, 11) is 2.00. The number of rotatable bonds is 6. The quantitative estimate of drug-likeness (QED) is 0.305. The normalized spacial score (nSPS) is 13.7. The van der Waals surface area contributed by atoms with E-state index in [9.17, 15) is 9.90 Å². The molecule has 1 aliphatic rings. The number of carbonyl (C=O) groups excluding carboxylic acids is 1. The van der Waals surface area contributed by atoms with E-state index in [1.165, 1.54) is 19.3 Å². The summed E-state index contributed by atoms with van der Waals surface area (Å²) in [5.41, 5.74) is 15.6. The van der Waals surface area contributed by atoms with Crippen LogP contribution in [0.1, 0.15) is 35.6 Å². The van der Waals surface area contributed by atoms with Crippen LogP contribution in [0.2, 0.25) is 5.15 Å². The van der Waals surface area contributed by atoms with Gasteiger partial charge in [0.15, 0.2) is 33.5 Å². The molecule has 9 nitrogen and oxygen atoms in total. The number of nitrogens with zero attached hydrogens (tertiary/aromatic N) is 4. The van der Waals surface area contributed by atoms with Gasteiger partial charge in [0.25, 0.3) is 11.7 Å². The van der Waals surface area contributed by atoms with Gasteiger partial charge in [-0.25, -0.2) is 19.1 Å². The van der Waals surface area contributed by atoms with Crippen molar-refractivity contribution in [2.24, 2.45) is 13.0 Å². The van der Waals surface area contributed by atoms with Crippen LogP contribution in [-0.2, 0) is 20.1 Å². The molecule has 2 aromatic heterocycles. The van der Waals surface area contributed by atoms with E-state index in [0.717, 1.165) is 34.5 Å². The minimum Gasteiger partial charge on any atom is -0.508 e. The zero-order valence-electron chi connectivity index (χ0n) is 19.3. The SMILES string of the molecule is Cn1c(CNC(=O)c2nc(Cl)c(N)nc2N)[n+](CC2CCC2)c2ccc(-c3ccc(O)cc3)cc21. The molecule has 180 valence electrons. The van der Waals surface area contributed by atoms with Crippen molar-refractivity contribution < 1.29 is 14.5 Å². The third kappa shape index (κ3) is 4.35. The van der Waals surface area contributed by atoms with E-state index in [1.54, 1.807) is 12.1 Å². The zero-order chi connectivity index (χ0) is 24.7. The van der Waals surface area contributed by atoms with Gasteiger partial charge in [0, 0.05) is 0 Å². The number of aryl methyl sites for hydroxylation is 1. The van der Waals surface area contributed by atoms with Gasteiger partial charge in [-0.2, -0.15) is 0 Å². The summed E-state index contributed by atoms with van der Waals surface area (Å²) in [5, 5.41) is 12.5. The van der Waals surface area contributed by atoms with Gasteiger partial charge in [-0.1, -0.05) is 30.2 Å². The summed E-state index contributed by atoms with van der Waals surface area (Å²) in [5.74, 6) is 1.25. The van der Waals surface area contributed by atoms with Crippen LogP contribution in [-0.4, -0.2) is 25.5 Å². The molecule has 0 bridgehead atoms. The lowest BCUT2D eigenvalue weighted by Crippen LogP contribution is -2.45. The van der Waals surface area contributed by atoms with Crippen LogP contribution < -0.4 is 21.4 Å². The van der Waals surface area contributed by atoms with Crippen molar-refractivity contribution in [2.75, 3.05) is 11.5 Å². The number of hydrogen-bond donors (Lipinski definition) is 4. The van der Waals surface area contributed by atoms with Gasteiger partial charge in [-0.05, 0) is 60.2 Å². The number of imidazole rings is 1. The van der Waals surface area contributed by atoms with E-state index in [0.29, 0.717) is 5.92 Å². The minimum absolute atomic E-state index is 0.0165. The minimum atomic E-state index is -0.470. The predicted octanol–water partition coefficient (Wildman–Crippen LogP) is 3.18. The van der Waals surface area contributed by atoms with Crippen LogP contribution >= 0.6 is 11.6 Å². The third-order valence-corrected chi connectivity index (χ3v) is 7.00. The Bertz CT molecular complexity index is 1430. The lowest BCUT2D eigenvalue weighted by Gasteiger charge is -2.24. The molecule has 0 atom stereocenters. The molecule has 35 heavy (non-hydrogen) atoms. The number of nitrogens with one attached hydrogen (secondary N) is 1. The fourth-order valence-corrected chi connectivity index (χ4v) is 4.64. The smallest absolute Gasteiger partial charge is 0.276 e. The van der Waals surface area contributed by atoms with E-state index < -0.39 is 5.91 Å². The molecule has 1 amide bonds. The summed E-state index contributed by atoms with van der Waals surface area (Å²) >= 11 is 5.95. The van der Waals surface area contributed by atoms with Gasteiger partial charge < -0.3 is 21.9 Å². The number of carbonyl (C=O) groups is 1. The molecule has 4 aromatic rings. The largest absolute Gasteiger partial charge is 0.508 e. The molecule has 5 rings (SSSR count). The van der Waals surface area contributed by atoms with Crippen molar-refractivity contribution in [3.63, 3.8) is 0 Å². The molecule has 10 heteroatoms. The highest BCUT2D eigenvalue weighted by molar-refractivity contribution is 6.31. The van der Waals surface area contributed by atoms with E-state index in [-0.39, 0.29) is 34.8 Å². The van der Waals surface area contributed by atoms with E-state index in [2.05, 4.69) is 42.6 Å². The second kappa shape index (κ2) is 9.07. The summed E-state index contributed by atoms with van der Waals surface area (Å²) < 4.78 is 4.38. The Labute approximate surface area is 207 Å². The molecular weight excluding hydrogens is 466 g/mol. The summed E-state index contributed by atoms with van der Waals surface area (Å²) in [4.78, 5) is 20.8. The van der Waals surface area contributed by atoms with Crippen molar-refractivity contribution in [3.05, 3.63) is 59.1 Å². The first kappa shape index (κ1) is 22.9. The maximum absolute atomic E-state index is 12.9. The second-order valence-electron chi connectivity index (χ2n) is 8.95. The number of benzene rings is 2. The van der Waals surface area contributed by atoms with E-state index in [1.807, 2.05) is 19.2 Å². The Kier molecular flexibility index (Phi) is 5.94. The Morgan fingerprint density at radius 3 is 2.54 bits per heavy atom. The van der Waals surface area contributed by atoms with Gasteiger partial charge in [-0.3, -0.25) is 4.79 Å². The molecule has 1 saturated carbocycles. The summed E-state index contributed by atoms with van der Waals surface area (Å²) in [6.45, 7) is 1.16. The van der Waals surface area contributed by atoms with E-state index >= 15 is 0 Å². The third-order valence-electron chi connectivity index (χ3n) is 6.72. The highest BCUT2D eigenvalue weighted by atomic mass is 35.5. The predicted molar refractivity (Wildman–Crippen MR) is 135 cm³/mol. The van der Waals surface area contributed by atoms with Gasteiger partial charge in [0.2, 0.25) is 0 Å². The zero-order valence-corrected chi connectivity index (χ0v) is 20.1. The van der Waals surface area contributed by atoms with Crippen molar-refractivity contribution in [1.29, 1.82) is 0 Å². The molecular formula is C25H27ClN7O2+. The second-order valence-corrected chi connectivity index (χ2v) is 9.31. The molecule has 6 N–H and O–H groups in total. The number of nitrogens with two attached hydrogens (primary N) is 2. The van der Waals surface area contributed by atoms with Gasteiger partial charge in [0.05, 0.1) is 13.6 Å². The van der Waals surface area contributed by atoms with Crippen molar-refractivity contribution in [3.8, 4) is 16.9 Å². The maximum atomic E-state index is 12.9. The van der Waals surface area contributed by atoms with Gasteiger partial charge in [0.1, 0.15) is 12.3 Å². The summed E-state index contributed by atoms with van der Waals surface area (Å²) in [6, 6.07) is 13.5. The maximum Gasteiger partial charge on any atom is 0.276 e. The Balaban J connectivity index is 1.49. The van der Waals surface area contributed by atoms with Crippen LogP contribution in [0.5, 0.6) is 5.75 Å². The fraction of sp³-hybridized carbons (Fsp3) is 0.280. The van der Waals surface area contributed by atoms with Crippen molar-refractivity contribution in [2.45, 2.75) is 32.4 Å². The van der Waals surface area contributed by atoms with E-state index in [4.69, 9.17) is 23.1 Å². The number of anilines is 2. The van der Waals surface area contributed by atoms with Crippen LogP contribution in [0.3, 0.4) is 0 Å². The van der Waals surface area contributed by atoms with Crippen molar-refractivity contribution in [1.82, 2.24) is 19.9 Å². The lowest BCUT2D eigenvalue weighted by molar-refractivity contribution is -0.688. The number of amides is 1. The van der Waals surface area contributed by atoms with Crippen LogP contribution in [0.15, 0.2) is 42.5 Å². The van der Waals surface area contributed by atoms with Gasteiger partial charge >= 0.3 is 0 Å². The highest BCUT2D eigenvalue weighted by Gasteiger charge is 2.29. The topological polar surface area (TPSA) is 136 Å². The molecule has 2 heterocycles. The highest BCUT2D eigenvalue weighted by Crippen LogP contribution is 2.29. The molecule has 1 fully saturated rings. The number of aromatic hydroxyl groups is 1. The number of aromatic nitrogens is 4. The molecule has 0 saturated heterocycles. The number of hydrogen-bond acceptors (Lipinski definition) is 6. The summed E-state index contributed by atoms with van der Waals surface area (Å²) in [6.07, 6.45) is 3.66. The number of halogens is 1. The standard InChI is InChI=1S/C25H26ClN7O2/c1-32-19-11-16(15-5-8-17(34)9-6-15)7-10-18(19)33(13-14-3-2-4-14)20(32)12-29-25(35)21-23(27)31-24(28)22(26)30-21/h5-11,14H,2-4,12-13H2,1H3,(H5-,27,28,29,31,34,35)/p+1. The fourth-order valence-electron chi connectivity index (χ4n) is 4.52. The Hall–Kier alpha value is -3.85. The molecule has 1 aliphatic carbocycles. The van der Waals surface area contributed by atoms with Crippen molar-refractivity contribution >= 4 is 40.2 Å². The van der Waals surface area contributed by atoms with Crippen LogP contribution in [0.25, 0.3) is 22.2 Å². The first-order chi connectivity index (χ1) is 16.8. The number of fused-ring (bicyclic) bond motifs is 1. The average Bonchev–Trinajstić information content (AvgIpc) is 3.07. The Morgan fingerprint density at radius 2 is 1.86 bits per heavy atom. The van der Waals surface area contributed by atoms with Crippen LogP contribution in [0, 0.1) is 5.92 Å². The number of phenolic OH excluding ortho intramolecular Hbond substituents is 1. The lowest BCUT2D eigenvalue weighted by atomic mass is 9.85. The monoisotopic (exact) mass is 492 g/mol. The number of nitrogen functional groups attached to an aromatic ring is 2.